The van der Waals surface area contributed by atoms with Crippen molar-refractivity contribution in [3.63, 3.8) is 0 Å². The van der Waals surface area contributed by atoms with E-state index in [1.165, 1.54) is 0 Å². The second-order valence-electron chi connectivity index (χ2n) is 2.93. The number of aromatic amines is 1. The van der Waals surface area contributed by atoms with Gasteiger partial charge in [0.1, 0.15) is 0 Å². The SMILES string of the molecule is CC(=O)O.O=Cc1c[nH]c2ccccc12. The molecule has 4 nitrogen and oxygen atoms in total. The highest BCUT2D eigenvalue weighted by Crippen LogP contribution is 2.14. The lowest BCUT2D eigenvalue weighted by molar-refractivity contribution is -0.134. The molecule has 78 valence electrons. The number of carboxylic acids is 1. The first-order valence-corrected chi connectivity index (χ1v) is 4.36. The summed E-state index contributed by atoms with van der Waals surface area (Å²) in [5, 5.41) is 8.41. The van der Waals surface area contributed by atoms with Crippen LogP contribution in [0.1, 0.15) is 17.3 Å². The van der Waals surface area contributed by atoms with Crippen molar-refractivity contribution < 1.29 is 14.7 Å². The molecule has 0 aliphatic rings. The van der Waals surface area contributed by atoms with Gasteiger partial charge in [-0.1, -0.05) is 18.2 Å². The third-order valence-electron chi connectivity index (χ3n) is 1.75. The van der Waals surface area contributed by atoms with Gasteiger partial charge in [-0.05, 0) is 6.07 Å². The van der Waals surface area contributed by atoms with Crippen LogP contribution in [0, 0.1) is 0 Å². The Kier molecular flexibility index (Phi) is 3.62. The van der Waals surface area contributed by atoms with Crippen molar-refractivity contribution in [2.45, 2.75) is 6.92 Å². The quantitative estimate of drug-likeness (QED) is 0.700. The number of aldehydes is 1. The molecule has 0 aliphatic carbocycles. The van der Waals surface area contributed by atoms with Crippen LogP contribution in [0.15, 0.2) is 30.5 Å². The fraction of sp³-hybridized carbons (Fsp3) is 0.0909. The Balaban J connectivity index is 0.000000245. The zero-order valence-corrected chi connectivity index (χ0v) is 8.23. The number of rotatable bonds is 1. The molecule has 0 atom stereocenters. The summed E-state index contributed by atoms with van der Waals surface area (Å²) in [6.45, 7) is 1.08. The zero-order chi connectivity index (χ0) is 11.3. The molecule has 0 amide bonds. The van der Waals surface area contributed by atoms with E-state index in [-0.39, 0.29) is 0 Å². The molecule has 0 unspecified atom stereocenters. The first-order chi connectivity index (χ1) is 7.15. The van der Waals surface area contributed by atoms with Crippen LogP contribution in [0.5, 0.6) is 0 Å². The van der Waals surface area contributed by atoms with E-state index in [1.54, 1.807) is 6.20 Å². The molecular formula is C11H11NO3. The molecule has 2 aromatic rings. The molecule has 0 saturated carbocycles. The van der Waals surface area contributed by atoms with E-state index >= 15 is 0 Å². The van der Waals surface area contributed by atoms with E-state index in [1.807, 2.05) is 24.3 Å². The lowest BCUT2D eigenvalue weighted by atomic mass is 10.2. The van der Waals surface area contributed by atoms with Crippen LogP contribution in [0.4, 0.5) is 0 Å². The van der Waals surface area contributed by atoms with Crippen LogP contribution in [0.25, 0.3) is 10.9 Å². The normalized spacial score (nSPS) is 9.13. The second-order valence-corrected chi connectivity index (χ2v) is 2.93. The molecule has 0 spiro atoms. The number of aliphatic carboxylic acids is 1. The molecule has 0 radical (unpaired) electrons. The first kappa shape index (κ1) is 11.0. The van der Waals surface area contributed by atoms with Crippen molar-refractivity contribution in [1.29, 1.82) is 0 Å². The van der Waals surface area contributed by atoms with E-state index in [2.05, 4.69) is 4.98 Å². The van der Waals surface area contributed by atoms with E-state index in [0.29, 0.717) is 0 Å². The average Bonchev–Trinajstić information content (AvgIpc) is 2.59. The molecule has 2 N–H and O–H groups in total. The predicted molar refractivity (Wildman–Crippen MR) is 57.0 cm³/mol. The second kappa shape index (κ2) is 4.95. The van der Waals surface area contributed by atoms with Crippen molar-refractivity contribution in [2.75, 3.05) is 0 Å². The van der Waals surface area contributed by atoms with Gasteiger partial charge in [0.25, 0.3) is 5.97 Å². The lowest BCUT2D eigenvalue weighted by Gasteiger charge is -1.86. The third kappa shape index (κ3) is 2.95. The van der Waals surface area contributed by atoms with Gasteiger partial charge in [-0.15, -0.1) is 0 Å². The first-order valence-electron chi connectivity index (χ1n) is 4.36. The topological polar surface area (TPSA) is 70.2 Å². The number of hydrogen-bond acceptors (Lipinski definition) is 2. The smallest absolute Gasteiger partial charge is 0.300 e. The molecule has 0 saturated heterocycles. The summed E-state index contributed by atoms with van der Waals surface area (Å²) < 4.78 is 0. The van der Waals surface area contributed by atoms with Gasteiger partial charge in [0, 0.05) is 29.6 Å². The Morgan fingerprint density at radius 2 is 2.00 bits per heavy atom. The standard InChI is InChI=1S/C9H7NO.C2H4O2/c11-6-7-5-10-9-4-2-1-3-8(7)9;1-2(3)4/h1-6,10H;1H3,(H,3,4). The number of H-pyrrole nitrogens is 1. The Morgan fingerprint density at radius 1 is 1.40 bits per heavy atom. The largest absolute Gasteiger partial charge is 0.481 e. The summed E-state index contributed by atoms with van der Waals surface area (Å²) in [4.78, 5) is 22.5. The van der Waals surface area contributed by atoms with Crippen molar-refractivity contribution >= 4 is 23.2 Å². The number of fused-ring (bicyclic) bond motifs is 1. The maximum absolute atomic E-state index is 10.5. The van der Waals surface area contributed by atoms with E-state index in [9.17, 15) is 4.79 Å². The lowest BCUT2D eigenvalue weighted by Crippen LogP contribution is -1.78. The number of hydrogen-bond donors (Lipinski definition) is 2. The van der Waals surface area contributed by atoms with Gasteiger partial charge >= 0.3 is 0 Å². The maximum atomic E-state index is 10.5. The fourth-order valence-electron chi connectivity index (χ4n) is 1.19. The number of para-hydroxylation sites is 1. The molecule has 1 aromatic heterocycles. The Bertz CT molecular complexity index is 469. The van der Waals surface area contributed by atoms with Gasteiger partial charge in [-0.2, -0.15) is 0 Å². The Labute approximate surface area is 86.5 Å². The predicted octanol–water partition coefficient (Wildman–Crippen LogP) is 2.07. The van der Waals surface area contributed by atoms with Crippen molar-refractivity contribution in [2.24, 2.45) is 0 Å². The Morgan fingerprint density at radius 3 is 2.60 bits per heavy atom. The summed E-state index contributed by atoms with van der Waals surface area (Å²) >= 11 is 0. The summed E-state index contributed by atoms with van der Waals surface area (Å²) in [6, 6.07) is 7.73. The highest BCUT2D eigenvalue weighted by atomic mass is 16.4. The van der Waals surface area contributed by atoms with Crippen LogP contribution in [-0.2, 0) is 4.79 Å². The van der Waals surface area contributed by atoms with E-state index in [4.69, 9.17) is 9.90 Å². The number of carbonyl (C=O) groups excluding carboxylic acids is 1. The number of carboxylic acid groups (broad SMARTS) is 1. The minimum Gasteiger partial charge on any atom is -0.481 e. The van der Waals surface area contributed by atoms with Crippen LogP contribution in [0.2, 0.25) is 0 Å². The maximum Gasteiger partial charge on any atom is 0.300 e. The summed E-state index contributed by atoms with van der Waals surface area (Å²) in [7, 11) is 0. The number of nitrogens with one attached hydrogen (secondary N) is 1. The van der Waals surface area contributed by atoms with Crippen LogP contribution < -0.4 is 0 Å². The molecule has 15 heavy (non-hydrogen) atoms. The van der Waals surface area contributed by atoms with Gasteiger partial charge in [-0.25, -0.2) is 0 Å². The fourth-order valence-corrected chi connectivity index (χ4v) is 1.19. The van der Waals surface area contributed by atoms with Gasteiger partial charge in [-0.3, -0.25) is 9.59 Å². The van der Waals surface area contributed by atoms with Gasteiger partial charge in [0.15, 0.2) is 6.29 Å². The number of carbonyl (C=O) groups is 2. The molecular weight excluding hydrogens is 194 g/mol. The summed E-state index contributed by atoms with van der Waals surface area (Å²) in [5.74, 6) is -0.833. The number of benzene rings is 1. The van der Waals surface area contributed by atoms with Crippen molar-refractivity contribution in [1.82, 2.24) is 4.98 Å². The van der Waals surface area contributed by atoms with E-state index < -0.39 is 5.97 Å². The molecule has 1 heterocycles. The highest BCUT2D eigenvalue weighted by molar-refractivity contribution is 5.96. The molecule has 2 rings (SSSR count). The van der Waals surface area contributed by atoms with Gasteiger partial charge in [0.05, 0.1) is 0 Å². The van der Waals surface area contributed by atoms with Gasteiger partial charge in [0.2, 0.25) is 0 Å². The third-order valence-corrected chi connectivity index (χ3v) is 1.75. The molecule has 0 aliphatic heterocycles. The van der Waals surface area contributed by atoms with Gasteiger partial charge < -0.3 is 10.1 Å². The van der Waals surface area contributed by atoms with Crippen LogP contribution in [-0.4, -0.2) is 22.3 Å². The molecule has 0 fully saturated rings. The van der Waals surface area contributed by atoms with Crippen molar-refractivity contribution in [3.05, 3.63) is 36.0 Å². The van der Waals surface area contributed by atoms with Crippen molar-refractivity contribution in [3.8, 4) is 0 Å². The monoisotopic (exact) mass is 205 g/mol. The summed E-state index contributed by atoms with van der Waals surface area (Å²) in [5.41, 5.74) is 1.73. The van der Waals surface area contributed by atoms with E-state index in [0.717, 1.165) is 29.7 Å². The molecule has 0 bridgehead atoms. The molecule has 4 heteroatoms. The number of aromatic nitrogens is 1. The Hall–Kier alpha value is -2.10. The minimum atomic E-state index is -0.833. The average molecular weight is 205 g/mol. The van der Waals surface area contributed by atoms with Crippen LogP contribution in [0.3, 0.4) is 0 Å². The zero-order valence-electron chi connectivity index (χ0n) is 8.23. The molecule has 1 aromatic carbocycles. The highest BCUT2D eigenvalue weighted by Gasteiger charge is 1.98. The van der Waals surface area contributed by atoms with Crippen LogP contribution >= 0.6 is 0 Å². The minimum absolute atomic E-state index is 0.723. The summed E-state index contributed by atoms with van der Waals surface area (Å²) in [6.07, 6.45) is 2.58.